The first-order valence-corrected chi connectivity index (χ1v) is 12.8. The first-order chi connectivity index (χ1) is 17.8. The number of aryl methyl sites for hydroxylation is 2. The Morgan fingerprint density at radius 2 is 1.54 bits per heavy atom. The van der Waals surface area contributed by atoms with Crippen LogP contribution in [0.3, 0.4) is 0 Å². The third-order valence-corrected chi connectivity index (χ3v) is 6.95. The van der Waals surface area contributed by atoms with E-state index in [9.17, 15) is 17.6 Å². The minimum atomic E-state index is -1.29. The van der Waals surface area contributed by atoms with Gasteiger partial charge in [-0.25, -0.2) is 17.6 Å². The van der Waals surface area contributed by atoms with Gasteiger partial charge in [0.25, 0.3) is 0 Å². The molecule has 0 radical (unpaired) electrons. The van der Waals surface area contributed by atoms with Crippen LogP contribution in [0.1, 0.15) is 62.1 Å². The van der Waals surface area contributed by atoms with E-state index in [1.807, 2.05) is 19.1 Å². The molecule has 0 N–H and O–H groups in total. The summed E-state index contributed by atoms with van der Waals surface area (Å²) in [6, 6.07) is 10.4. The molecule has 0 bridgehead atoms. The van der Waals surface area contributed by atoms with Gasteiger partial charge in [0.1, 0.15) is 5.82 Å². The number of halogens is 5. The van der Waals surface area contributed by atoms with Crippen molar-refractivity contribution in [2.45, 2.75) is 64.4 Å². The molecule has 1 aliphatic heterocycles. The van der Waals surface area contributed by atoms with E-state index in [1.54, 1.807) is 13.0 Å². The molecule has 2 unspecified atom stereocenters. The molecule has 3 aromatic rings. The highest BCUT2D eigenvalue weighted by Crippen LogP contribution is 2.37. The first kappa shape index (κ1) is 27.1. The molecule has 0 aliphatic carbocycles. The lowest BCUT2D eigenvalue weighted by Gasteiger charge is -2.30. The van der Waals surface area contributed by atoms with Crippen LogP contribution in [0.5, 0.6) is 5.75 Å². The summed E-state index contributed by atoms with van der Waals surface area (Å²) in [4.78, 5) is 0. The molecule has 0 amide bonds. The third-order valence-electron chi connectivity index (χ3n) is 6.95. The summed E-state index contributed by atoms with van der Waals surface area (Å²) in [6.45, 7) is 4.00. The van der Waals surface area contributed by atoms with Crippen molar-refractivity contribution in [1.82, 2.24) is 0 Å². The number of hydrogen-bond donors (Lipinski definition) is 0. The van der Waals surface area contributed by atoms with Crippen molar-refractivity contribution in [1.29, 1.82) is 0 Å². The lowest BCUT2D eigenvalue weighted by atomic mass is 9.88. The van der Waals surface area contributed by atoms with Crippen LogP contribution in [-0.2, 0) is 17.6 Å². The van der Waals surface area contributed by atoms with E-state index in [0.717, 1.165) is 17.5 Å². The van der Waals surface area contributed by atoms with Gasteiger partial charge in [-0.05, 0) is 73.9 Å². The van der Waals surface area contributed by atoms with Gasteiger partial charge in [-0.1, -0.05) is 37.6 Å². The Bertz CT molecular complexity index is 1240. The minimum absolute atomic E-state index is 0.0530. The van der Waals surface area contributed by atoms with Crippen LogP contribution in [0.4, 0.5) is 22.0 Å². The maximum absolute atomic E-state index is 15.0. The minimum Gasteiger partial charge on any atom is -0.491 e. The highest BCUT2D eigenvalue weighted by atomic mass is 19.2. The standard InChI is InChI=1S/C30H31F5O2/c1-3-5-19-8-6-18(16-25(19)31)7-10-21-11-9-20(17-37-21)22-12-13-23(28(33)27(22)32)24-14-15-26(36-4-2)30(35)29(24)34/h6,8,12-16,20-21H,3-5,7,9-11,17H2,1-2H3. The topological polar surface area (TPSA) is 18.5 Å². The summed E-state index contributed by atoms with van der Waals surface area (Å²) in [7, 11) is 0. The third kappa shape index (κ3) is 5.98. The van der Waals surface area contributed by atoms with Crippen molar-refractivity contribution in [3.05, 3.63) is 88.2 Å². The van der Waals surface area contributed by atoms with Crippen LogP contribution >= 0.6 is 0 Å². The second-order valence-corrected chi connectivity index (χ2v) is 9.45. The molecular weight excluding hydrogens is 487 g/mol. The van der Waals surface area contributed by atoms with Crippen molar-refractivity contribution in [2.24, 2.45) is 0 Å². The normalized spacial score (nSPS) is 17.7. The molecule has 7 heteroatoms. The van der Waals surface area contributed by atoms with Crippen molar-refractivity contribution >= 4 is 0 Å². The smallest absolute Gasteiger partial charge is 0.201 e. The Morgan fingerprint density at radius 1 is 0.811 bits per heavy atom. The van der Waals surface area contributed by atoms with Gasteiger partial charge < -0.3 is 9.47 Å². The van der Waals surface area contributed by atoms with Crippen molar-refractivity contribution < 1.29 is 31.4 Å². The zero-order chi connectivity index (χ0) is 26.5. The monoisotopic (exact) mass is 518 g/mol. The molecule has 0 aromatic heterocycles. The van der Waals surface area contributed by atoms with Gasteiger partial charge in [0, 0.05) is 17.0 Å². The summed E-state index contributed by atoms with van der Waals surface area (Å²) in [5, 5.41) is 0. The summed E-state index contributed by atoms with van der Waals surface area (Å²) in [5.74, 6) is -5.66. The first-order valence-electron chi connectivity index (χ1n) is 12.8. The largest absolute Gasteiger partial charge is 0.491 e. The molecule has 0 saturated carbocycles. The number of hydrogen-bond acceptors (Lipinski definition) is 2. The van der Waals surface area contributed by atoms with Crippen molar-refractivity contribution in [2.75, 3.05) is 13.2 Å². The highest BCUT2D eigenvalue weighted by molar-refractivity contribution is 5.66. The Hall–Kier alpha value is -2.93. The summed E-state index contributed by atoms with van der Waals surface area (Å²) in [5.41, 5.74) is 1.05. The Kier molecular flexibility index (Phi) is 8.85. The van der Waals surface area contributed by atoms with Crippen LogP contribution in [0.15, 0.2) is 42.5 Å². The fourth-order valence-electron chi connectivity index (χ4n) is 4.92. The van der Waals surface area contributed by atoms with Gasteiger partial charge in [-0.2, -0.15) is 4.39 Å². The molecule has 4 rings (SSSR count). The molecule has 3 aromatic carbocycles. The van der Waals surface area contributed by atoms with E-state index in [-0.39, 0.29) is 53.5 Å². The van der Waals surface area contributed by atoms with Gasteiger partial charge in [0.05, 0.1) is 19.3 Å². The lowest BCUT2D eigenvalue weighted by Crippen LogP contribution is -2.26. The Labute approximate surface area is 214 Å². The number of rotatable bonds is 9. The van der Waals surface area contributed by atoms with Crippen LogP contribution < -0.4 is 4.74 Å². The second kappa shape index (κ2) is 12.1. The van der Waals surface area contributed by atoms with Gasteiger partial charge in [0.2, 0.25) is 5.82 Å². The van der Waals surface area contributed by atoms with E-state index in [1.165, 1.54) is 24.3 Å². The maximum Gasteiger partial charge on any atom is 0.201 e. The molecule has 37 heavy (non-hydrogen) atoms. The van der Waals surface area contributed by atoms with Gasteiger partial charge in [-0.15, -0.1) is 0 Å². The maximum atomic E-state index is 15.0. The van der Waals surface area contributed by atoms with E-state index in [2.05, 4.69) is 0 Å². The summed E-state index contributed by atoms with van der Waals surface area (Å²) >= 11 is 0. The SMILES string of the molecule is CCCc1ccc(CCC2CCC(c3ccc(-c4ccc(OCC)c(F)c4F)c(F)c3F)CO2)cc1F. The molecule has 2 atom stereocenters. The fraction of sp³-hybridized carbons (Fsp3) is 0.400. The zero-order valence-corrected chi connectivity index (χ0v) is 21.1. The quantitative estimate of drug-likeness (QED) is 0.265. The summed E-state index contributed by atoms with van der Waals surface area (Å²) in [6.07, 6.45) is 4.17. The van der Waals surface area contributed by atoms with Crippen LogP contribution in [0.2, 0.25) is 0 Å². The van der Waals surface area contributed by atoms with Gasteiger partial charge in [0.15, 0.2) is 23.2 Å². The predicted octanol–water partition coefficient (Wildman–Crippen LogP) is 8.30. The number of ether oxygens (including phenoxy) is 2. The molecule has 198 valence electrons. The van der Waals surface area contributed by atoms with Crippen LogP contribution in [0.25, 0.3) is 11.1 Å². The van der Waals surface area contributed by atoms with Gasteiger partial charge in [-0.3, -0.25) is 0 Å². The van der Waals surface area contributed by atoms with Crippen molar-refractivity contribution in [3.63, 3.8) is 0 Å². The van der Waals surface area contributed by atoms with Gasteiger partial charge >= 0.3 is 0 Å². The molecule has 1 fully saturated rings. The molecule has 0 spiro atoms. The average molecular weight is 519 g/mol. The average Bonchev–Trinajstić information content (AvgIpc) is 2.90. The van der Waals surface area contributed by atoms with E-state index in [0.29, 0.717) is 32.1 Å². The fourth-order valence-corrected chi connectivity index (χ4v) is 4.92. The lowest BCUT2D eigenvalue weighted by molar-refractivity contribution is -0.00127. The van der Waals surface area contributed by atoms with Crippen LogP contribution in [-0.4, -0.2) is 19.3 Å². The Morgan fingerprint density at radius 3 is 2.19 bits per heavy atom. The molecule has 1 heterocycles. The zero-order valence-electron chi connectivity index (χ0n) is 21.1. The molecule has 1 saturated heterocycles. The van der Waals surface area contributed by atoms with E-state index in [4.69, 9.17) is 9.47 Å². The van der Waals surface area contributed by atoms with Crippen LogP contribution in [0, 0.1) is 29.1 Å². The van der Waals surface area contributed by atoms with Crippen molar-refractivity contribution in [3.8, 4) is 16.9 Å². The summed E-state index contributed by atoms with van der Waals surface area (Å²) < 4.78 is 84.0. The molecule has 1 aliphatic rings. The predicted molar refractivity (Wildman–Crippen MR) is 133 cm³/mol. The number of benzene rings is 3. The molecular formula is C30H31F5O2. The van der Waals surface area contributed by atoms with E-state index >= 15 is 4.39 Å². The second-order valence-electron chi connectivity index (χ2n) is 9.45. The van der Waals surface area contributed by atoms with E-state index < -0.39 is 23.3 Å². The molecule has 2 nitrogen and oxygen atoms in total. The Balaban J connectivity index is 1.40. The highest BCUT2D eigenvalue weighted by Gasteiger charge is 2.28.